The monoisotopic (exact) mass is 423 g/mol. The maximum Gasteiger partial charge on any atom is 0.328 e. The molecule has 3 rings (SSSR count). The number of aromatic nitrogens is 2. The quantitative estimate of drug-likeness (QED) is 0.760. The van der Waals surface area contributed by atoms with Crippen LogP contribution in [0.15, 0.2) is 32.4 Å². The second-order valence-corrected chi connectivity index (χ2v) is 6.79. The van der Waals surface area contributed by atoms with Gasteiger partial charge in [-0.3, -0.25) is 19.1 Å². The minimum absolute atomic E-state index is 0.0718. The molecular formula is C17H18BrN3O5. The predicted molar refractivity (Wildman–Crippen MR) is 99.1 cm³/mol. The zero-order chi connectivity index (χ0) is 18.8. The summed E-state index contributed by atoms with van der Waals surface area (Å²) >= 11 is 3.04. The molecule has 2 N–H and O–H groups in total. The summed E-state index contributed by atoms with van der Waals surface area (Å²) in [5.74, 6) is 0.825. The van der Waals surface area contributed by atoms with Gasteiger partial charge >= 0.3 is 5.69 Å². The summed E-state index contributed by atoms with van der Waals surface area (Å²) in [7, 11) is 0. The van der Waals surface area contributed by atoms with Crippen LogP contribution in [0.1, 0.15) is 19.4 Å². The molecule has 1 unspecified atom stereocenters. The second kappa shape index (κ2) is 7.36. The maximum absolute atomic E-state index is 12.4. The van der Waals surface area contributed by atoms with Gasteiger partial charge < -0.3 is 14.8 Å². The Hall–Kier alpha value is -2.55. The molecule has 9 heteroatoms. The van der Waals surface area contributed by atoms with Gasteiger partial charge in [-0.1, -0.05) is 0 Å². The molecule has 1 aliphatic rings. The molecule has 1 aliphatic heterocycles. The molecule has 26 heavy (non-hydrogen) atoms. The van der Waals surface area contributed by atoms with Gasteiger partial charge in [-0.2, -0.15) is 0 Å². The van der Waals surface area contributed by atoms with Crippen molar-refractivity contribution in [2.75, 3.05) is 11.9 Å². The van der Waals surface area contributed by atoms with Crippen LogP contribution in [0.4, 0.5) is 5.69 Å². The van der Waals surface area contributed by atoms with Gasteiger partial charge in [0.2, 0.25) is 5.91 Å². The number of carbonyl (C=O) groups excluding carboxylic acids is 1. The number of benzene rings is 1. The number of hydrogen-bond donors (Lipinski definition) is 2. The second-order valence-electron chi connectivity index (χ2n) is 5.93. The van der Waals surface area contributed by atoms with Crippen molar-refractivity contribution in [3.05, 3.63) is 49.2 Å². The van der Waals surface area contributed by atoms with Crippen molar-refractivity contribution in [1.82, 2.24) is 9.55 Å². The minimum atomic E-state index is -0.663. The van der Waals surface area contributed by atoms with Crippen LogP contribution in [0.25, 0.3) is 0 Å². The number of carbonyl (C=O) groups is 1. The van der Waals surface area contributed by atoms with Crippen molar-refractivity contribution >= 4 is 27.5 Å². The summed E-state index contributed by atoms with van der Waals surface area (Å²) in [5.41, 5.74) is 0.292. The molecule has 0 radical (unpaired) electrons. The van der Waals surface area contributed by atoms with Crippen molar-refractivity contribution in [2.24, 2.45) is 0 Å². The Balaban J connectivity index is 1.83. The van der Waals surface area contributed by atoms with E-state index in [-0.39, 0.29) is 17.1 Å². The van der Waals surface area contributed by atoms with E-state index in [1.165, 1.54) is 6.20 Å². The van der Waals surface area contributed by atoms with Gasteiger partial charge in [0.05, 0.1) is 16.8 Å². The zero-order valence-corrected chi connectivity index (χ0v) is 15.9. The van der Waals surface area contributed by atoms with E-state index in [0.29, 0.717) is 23.8 Å². The van der Waals surface area contributed by atoms with Crippen molar-refractivity contribution in [1.29, 1.82) is 0 Å². The van der Waals surface area contributed by atoms with E-state index in [0.717, 1.165) is 16.6 Å². The van der Waals surface area contributed by atoms with E-state index in [2.05, 4.69) is 26.2 Å². The number of nitrogens with zero attached hydrogens (tertiary/aromatic N) is 1. The van der Waals surface area contributed by atoms with Crippen molar-refractivity contribution in [3.63, 3.8) is 0 Å². The molecule has 8 nitrogen and oxygen atoms in total. The van der Waals surface area contributed by atoms with Crippen LogP contribution >= 0.6 is 15.9 Å². The number of anilines is 1. The Labute approximate surface area is 157 Å². The summed E-state index contributed by atoms with van der Waals surface area (Å²) in [6.45, 7) is 4.02. The number of fused-ring (bicyclic) bond motifs is 1. The summed E-state index contributed by atoms with van der Waals surface area (Å²) in [6, 6.07) is 3.59. The molecule has 138 valence electrons. The number of halogens is 1. The smallest absolute Gasteiger partial charge is 0.328 e. The van der Waals surface area contributed by atoms with Crippen molar-refractivity contribution < 1.29 is 14.3 Å². The van der Waals surface area contributed by atoms with Gasteiger partial charge in [-0.05, 0) is 35.8 Å². The molecule has 0 fully saturated rings. The molecule has 1 aromatic carbocycles. The molecule has 1 amide bonds. The van der Waals surface area contributed by atoms with E-state index >= 15 is 0 Å². The maximum atomic E-state index is 12.4. The average Bonchev–Trinajstić information content (AvgIpc) is 2.92. The summed E-state index contributed by atoms with van der Waals surface area (Å²) in [4.78, 5) is 37.7. The topological polar surface area (TPSA) is 102 Å². The zero-order valence-electron chi connectivity index (χ0n) is 14.3. The average molecular weight is 424 g/mol. The first kappa shape index (κ1) is 18.2. The van der Waals surface area contributed by atoms with Crippen LogP contribution in [0.2, 0.25) is 0 Å². The number of H-pyrrole nitrogens is 1. The van der Waals surface area contributed by atoms with Crippen LogP contribution in [0.3, 0.4) is 0 Å². The SMILES string of the molecule is CCOc1cc2c(cc1NC(=O)Cn1cc(Br)c(=O)[nH]c1=O)OC(C)C2. The first-order chi connectivity index (χ1) is 12.4. The first-order valence-corrected chi connectivity index (χ1v) is 8.92. The fraction of sp³-hybridized carbons (Fsp3) is 0.353. The number of amides is 1. The first-order valence-electron chi connectivity index (χ1n) is 8.13. The van der Waals surface area contributed by atoms with Gasteiger partial charge in [0.1, 0.15) is 24.1 Å². The Bertz CT molecular complexity index is 966. The van der Waals surface area contributed by atoms with Crippen LogP contribution in [0, 0.1) is 0 Å². The van der Waals surface area contributed by atoms with Gasteiger partial charge in [0.15, 0.2) is 0 Å². The fourth-order valence-corrected chi connectivity index (χ4v) is 3.10. The summed E-state index contributed by atoms with van der Waals surface area (Å²) in [5, 5.41) is 2.74. The molecular weight excluding hydrogens is 406 g/mol. The number of nitrogens with one attached hydrogen (secondary N) is 2. The highest BCUT2D eigenvalue weighted by Crippen LogP contribution is 2.38. The third kappa shape index (κ3) is 3.82. The molecule has 1 atom stereocenters. The lowest BCUT2D eigenvalue weighted by Crippen LogP contribution is -2.33. The van der Waals surface area contributed by atoms with E-state index in [4.69, 9.17) is 9.47 Å². The molecule has 0 spiro atoms. The van der Waals surface area contributed by atoms with Gasteiger partial charge in [-0.25, -0.2) is 4.79 Å². The lowest BCUT2D eigenvalue weighted by atomic mass is 10.1. The van der Waals surface area contributed by atoms with E-state index in [1.54, 1.807) is 6.07 Å². The molecule has 2 aromatic rings. The van der Waals surface area contributed by atoms with Crippen LogP contribution in [0.5, 0.6) is 11.5 Å². The molecule has 0 saturated heterocycles. The van der Waals surface area contributed by atoms with Crippen molar-refractivity contribution in [2.45, 2.75) is 32.9 Å². The molecule has 0 saturated carbocycles. The summed E-state index contributed by atoms with van der Waals surface area (Å²) in [6.07, 6.45) is 2.13. The highest BCUT2D eigenvalue weighted by Gasteiger charge is 2.22. The van der Waals surface area contributed by atoms with Gasteiger partial charge in [0, 0.05) is 24.2 Å². The Morgan fingerprint density at radius 1 is 1.46 bits per heavy atom. The standard InChI is InChI=1S/C17H18BrN3O5/c1-3-25-14-5-10-4-9(2)26-13(10)6-12(14)19-15(22)8-21-7-11(18)16(23)20-17(21)24/h5-7,9H,3-4,8H2,1-2H3,(H,19,22)(H,20,23,24). The van der Waals surface area contributed by atoms with Crippen molar-refractivity contribution in [3.8, 4) is 11.5 Å². The molecule has 2 heterocycles. The Morgan fingerprint density at radius 2 is 2.23 bits per heavy atom. The lowest BCUT2D eigenvalue weighted by Gasteiger charge is -2.14. The summed E-state index contributed by atoms with van der Waals surface area (Å²) < 4.78 is 12.6. The number of hydrogen-bond acceptors (Lipinski definition) is 5. The number of aromatic amines is 1. The molecule has 1 aromatic heterocycles. The number of ether oxygens (including phenoxy) is 2. The van der Waals surface area contributed by atoms with Crippen LogP contribution in [-0.4, -0.2) is 28.2 Å². The van der Waals surface area contributed by atoms with E-state index < -0.39 is 17.2 Å². The van der Waals surface area contributed by atoms with E-state index in [1.807, 2.05) is 19.9 Å². The van der Waals surface area contributed by atoms with Crippen LogP contribution < -0.4 is 26.0 Å². The number of rotatable bonds is 5. The predicted octanol–water partition coefficient (Wildman–Crippen LogP) is 1.66. The van der Waals surface area contributed by atoms with Gasteiger partial charge in [-0.15, -0.1) is 0 Å². The largest absolute Gasteiger partial charge is 0.492 e. The third-order valence-electron chi connectivity index (χ3n) is 3.85. The molecule has 0 bridgehead atoms. The highest BCUT2D eigenvalue weighted by molar-refractivity contribution is 9.10. The minimum Gasteiger partial charge on any atom is -0.492 e. The van der Waals surface area contributed by atoms with E-state index in [9.17, 15) is 14.4 Å². The highest BCUT2D eigenvalue weighted by atomic mass is 79.9. The Kier molecular flexibility index (Phi) is 5.17. The fourth-order valence-electron chi connectivity index (χ4n) is 2.76. The third-order valence-corrected chi connectivity index (χ3v) is 4.42. The molecule has 0 aliphatic carbocycles. The normalized spacial score (nSPS) is 15.3. The van der Waals surface area contributed by atoms with Gasteiger partial charge in [0.25, 0.3) is 5.56 Å². The Morgan fingerprint density at radius 3 is 2.96 bits per heavy atom. The lowest BCUT2D eigenvalue weighted by molar-refractivity contribution is -0.116. The van der Waals surface area contributed by atoms with Crippen LogP contribution in [-0.2, 0) is 17.8 Å².